The van der Waals surface area contributed by atoms with Crippen molar-refractivity contribution in [1.82, 2.24) is 14.9 Å². The molecule has 0 bridgehead atoms. The van der Waals surface area contributed by atoms with E-state index < -0.39 is 5.69 Å². The van der Waals surface area contributed by atoms with Gasteiger partial charge in [0.1, 0.15) is 5.69 Å². The molecule has 0 radical (unpaired) electrons. The number of hydrogen-bond donors (Lipinski definition) is 3. The van der Waals surface area contributed by atoms with E-state index in [0.717, 1.165) is 46.8 Å². The Bertz CT molecular complexity index is 1040. The largest absolute Gasteiger partial charge is 0.493 e. The monoisotopic (exact) mass is 322 g/mol. The number of aromatic hydroxyl groups is 1. The highest BCUT2D eigenvalue weighted by atomic mass is 16.3. The molecule has 1 aromatic heterocycles. The number of imidazole rings is 1. The predicted molar refractivity (Wildman–Crippen MR) is 92.0 cm³/mol. The lowest BCUT2D eigenvalue weighted by atomic mass is 9.94. The van der Waals surface area contributed by atoms with Crippen LogP contribution < -0.4 is 16.3 Å². The molecule has 0 spiro atoms. The number of aromatic amines is 2. The van der Waals surface area contributed by atoms with E-state index in [2.05, 4.69) is 33.0 Å². The lowest BCUT2D eigenvalue weighted by Crippen LogP contribution is -2.26. The lowest BCUT2D eigenvalue weighted by Gasteiger charge is -2.23. The summed E-state index contributed by atoms with van der Waals surface area (Å²) in [5, 5.41) is 12.0. The summed E-state index contributed by atoms with van der Waals surface area (Å²) in [6, 6.07) is 5.98. The minimum absolute atomic E-state index is 0.129. The number of fused-ring (bicyclic) bond motifs is 1. The molecule has 3 N–H and O–H groups in total. The minimum Gasteiger partial charge on any atom is -0.493 e. The van der Waals surface area contributed by atoms with Gasteiger partial charge < -0.3 is 15.0 Å². The summed E-state index contributed by atoms with van der Waals surface area (Å²) in [5.41, 5.74) is 3.05. The molecule has 1 aromatic carbocycles. The van der Waals surface area contributed by atoms with Crippen molar-refractivity contribution in [3.05, 3.63) is 68.4 Å². The maximum atomic E-state index is 11.6. The van der Waals surface area contributed by atoms with Gasteiger partial charge in [-0.2, -0.15) is 0 Å². The van der Waals surface area contributed by atoms with Crippen molar-refractivity contribution in [3.8, 4) is 5.88 Å². The van der Waals surface area contributed by atoms with Crippen LogP contribution in [-0.2, 0) is 0 Å². The Morgan fingerprint density at radius 1 is 1.33 bits per heavy atom. The van der Waals surface area contributed by atoms with Gasteiger partial charge in [-0.25, -0.2) is 4.79 Å². The van der Waals surface area contributed by atoms with Crippen LogP contribution >= 0.6 is 0 Å². The van der Waals surface area contributed by atoms with Crippen molar-refractivity contribution in [2.45, 2.75) is 6.42 Å². The number of H-pyrrole nitrogens is 2. The molecule has 3 heterocycles. The molecule has 6 heteroatoms. The topological polar surface area (TPSA) is 84.5 Å². The smallest absolute Gasteiger partial charge is 0.326 e. The van der Waals surface area contributed by atoms with E-state index in [4.69, 9.17) is 0 Å². The Hall–Kier alpha value is -2.86. The van der Waals surface area contributed by atoms with Crippen LogP contribution in [0.1, 0.15) is 17.7 Å². The van der Waals surface area contributed by atoms with Crippen molar-refractivity contribution in [2.24, 2.45) is 4.99 Å². The Morgan fingerprint density at radius 3 is 2.92 bits per heavy atom. The Labute approximate surface area is 138 Å². The number of aromatic nitrogens is 2. The van der Waals surface area contributed by atoms with Gasteiger partial charge in [0, 0.05) is 30.4 Å². The summed E-state index contributed by atoms with van der Waals surface area (Å²) in [5.74, 6) is -0.129. The Kier molecular flexibility index (Phi) is 3.46. The Balaban J connectivity index is 1.99. The van der Waals surface area contributed by atoms with Gasteiger partial charge in [-0.1, -0.05) is 12.1 Å². The number of nitrogens with one attached hydrogen (secondary N) is 2. The van der Waals surface area contributed by atoms with Crippen LogP contribution in [0.2, 0.25) is 0 Å². The summed E-state index contributed by atoms with van der Waals surface area (Å²) in [6.07, 6.45) is 6.74. The Morgan fingerprint density at radius 2 is 2.21 bits per heavy atom. The zero-order valence-electron chi connectivity index (χ0n) is 13.3. The van der Waals surface area contributed by atoms with Crippen LogP contribution in [0, 0.1) is 0 Å². The van der Waals surface area contributed by atoms with E-state index in [-0.39, 0.29) is 5.88 Å². The summed E-state index contributed by atoms with van der Waals surface area (Å²) in [6.45, 7) is 1.78. The van der Waals surface area contributed by atoms with Gasteiger partial charge in [0.05, 0.1) is 5.36 Å². The third-order valence-electron chi connectivity index (χ3n) is 4.47. The third-order valence-corrected chi connectivity index (χ3v) is 4.47. The fourth-order valence-corrected chi connectivity index (χ4v) is 3.20. The maximum absolute atomic E-state index is 11.6. The first-order chi connectivity index (χ1) is 11.6. The first kappa shape index (κ1) is 14.7. The molecule has 122 valence electrons. The molecule has 0 saturated carbocycles. The second-order valence-electron chi connectivity index (χ2n) is 6.14. The fraction of sp³-hybridized carbons (Fsp3) is 0.222. The second-order valence-corrected chi connectivity index (χ2v) is 6.14. The van der Waals surface area contributed by atoms with Gasteiger partial charge in [0.15, 0.2) is 0 Å². The number of nitrogens with zero attached hydrogens (tertiary/aromatic N) is 2. The number of hydrogen-bond acceptors (Lipinski definition) is 4. The molecule has 0 fully saturated rings. The van der Waals surface area contributed by atoms with E-state index >= 15 is 0 Å². The first-order valence-electron chi connectivity index (χ1n) is 7.90. The summed E-state index contributed by atoms with van der Waals surface area (Å²) in [4.78, 5) is 23.3. The SMILES string of the molecule is CN1CC=C(C(c2[nH]c(=O)[nH]c2O)=c2ccc3c(c2)C=CN=3)CC1. The second kappa shape index (κ2) is 5.65. The average Bonchev–Trinajstić information content (AvgIpc) is 3.15. The van der Waals surface area contributed by atoms with E-state index in [0.29, 0.717) is 5.69 Å². The molecule has 0 aliphatic carbocycles. The zero-order valence-corrected chi connectivity index (χ0v) is 13.3. The molecule has 2 aliphatic heterocycles. The highest BCUT2D eigenvalue weighted by Crippen LogP contribution is 2.28. The molecule has 0 amide bonds. The molecule has 0 saturated heterocycles. The molecule has 6 nitrogen and oxygen atoms in total. The van der Waals surface area contributed by atoms with Gasteiger partial charge in [0.25, 0.3) is 0 Å². The van der Waals surface area contributed by atoms with Crippen molar-refractivity contribution in [3.63, 3.8) is 0 Å². The predicted octanol–water partition coefficient (Wildman–Crippen LogP) is 0.473. The molecule has 0 atom stereocenters. The van der Waals surface area contributed by atoms with Crippen molar-refractivity contribution in [2.75, 3.05) is 20.1 Å². The van der Waals surface area contributed by atoms with Crippen molar-refractivity contribution < 1.29 is 5.11 Å². The van der Waals surface area contributed by atoms with Crippen LogP contribution in [0.4, 0.5) is 0 Å². The highest BCUT2D eigenvalue weighted by molar-refractivity contribution is 5.79. The molecule has 0 unspecified atom stereocenters. The van der Waals surface area contributed by atoms with Gasteiger partial charge in [0.2, 0.25) is 5.88 Å². The fourth-order valence-electron chi connectivity index (χ4n) is 3.20. The van der Waals surface area contributed by atoms with E-state index in [1.807, 2.05) is 24.3 Å². The highest BCUT2D eigenvalue weighted by Gasteiger charge is 2.19. The van der Waals surface area contributed by atoms with Crippen molar-refractivity contribution >= 4 is 11.6 Å². The molecule has 2 aliphatic rings. The van der Waals surface area contributed by atoms with Gasteiger partial charge in [-0.15, -0.1) is 0 Å². The van der Waals surface area contributed by atoms with Crippen LogP contribution in [0.25, 0.3) is 11.6 Å². The summed E-state index contributed by atoms with van der Waals surface area (Å²) < 4.78 is 0. The van der Waals surface area contributed by atoms with Gasteiger partial charge in [-0.05, 0) is 42.5 Å². The zero-order chi connectivity index (χ0) is 16.7. The summed E-state index contributed by atoms with van der Waals surface area (Å²) in [7, 11) is 2.07. The standard InChI is InChI=1S/C18H18N4O2/c1-22-8-5-11(6-9-22)15(16-17(23)21-18(24)20-16)13-2-3-14-12(10-13)4-7-19-14/h2-5,7,10,23H,6,8-9H2,1H3,(H2,20,21,24). The minimum atomic E-state index is -0.412. The van der Waals surface area contributed by atoms with Gasteiger partial charge >= 0.3 is 5.69 Å². The molecular weight excluding hydrogens is 304 g/mol. The van der Waals surface area contributed by atoms with Crippen LogP contribution in [0.3, 0.4) is 0 Å². The number of benzene rings is 1. The summed E-state index contributed by atoms with van der Waals surface area (Å²) >= 11 is 0. The third kappa shape index (κ3) is 2.51. The van der Waals surface area contributed by atoms with E-state index in [9.17, 15) is 9.90 Å². The maximum Gasteiger partial charge on any atom is 0.326 e. The van der Waals surface area contributed by atoms with Crippen LogP contribution in [0.15, 0.2) is 45.8 Å². The van der Waals surface area contributed by atoms with Crippen LogP contribution in [0.5, 0.6) is 5.88 Å². The quantitative estimate of drug-likeness (QED) is 0.751. The van der Waals surface area contributed by atoms with Gasteiger partial charge in [-0.3, -0.25) is 9.98 Å². The molecular formula is C18H18N4O2. The van der Waals surface area contributed by atoms with E-state index in [1.165, 1.54) is 0 Å². The van der Waals surface area contributed by atoms with E-state index in [1.54, 1.807) is 6.20 Å². The molecule has 2 aromatic rings. The molecule has 24 heavy (non-hydrogen) atoms. The first-order valence-corrected chi connectivity index (χ1v) is 7.90. The lowest BCUT2D eigenvalue weighted by molar-refractivity contribution is 0.362. The normalized spacial score (nSPS) is 18.1. The number of rotatable bonds is 2. The average molecular weight is 322 g/mol. The van der Waals surface area contributed by atoms with Crippen molar-refractivity contribution in [1.29, 1.82) is 0 Å². The number of likely N-dealkylation sites (N-methyl/N-ethyl adjacent to an activating group) is 1. The van der Waals surface area contributed by atoms with Crippen LogP contribution in [-0.4, -0.2) is 40.1 Å². The molecule has 4 rings (SSSR count).